The van der Waals surface area contributed by atoms with Crippen LogP contribution in [0.25, 0.3) is 10.9 Å². The second kappa shape index (κ2) is 5.73. The van der Waals surface area contributed by atoms with Crippen LogP contribution in [0.2, 0.25) is 0 Å². The maximum absolute atomic E-state index is 12.5. The van der Waals surface area contributed by atoms with Crippen LogP contribution >= 0.6 is 0 Å². The Bertz CT molecular complexity index is 926. The number of carbonyl (C=O) groups is 1. The van der Waals surface area contributed by atoms with Gasteiger partial charge in [-0.05, 0) is 24.3 Å². The highest BCUT2D eigenvalue weighted by Crippen LogP contribution is 2.27. The van der Waals surface area contributed by atoms with Crippen LogP contribution in [0.1, 0.15) is 28.6 Å². The van der Waals surface area contributed by atoms with Gasteiger partial charge in [0.05, 0.1) is 17.8 Å². The number of aryl methyl sites for hydroxylation is 1. The Kier molecular flexibility index (Phi) is 3.75. The highest BCUT2D eigenvalue weighted by atomic mass is 16.3. The number of aromatic nitrogens is 1. The number of furan rings is 1. The second-order valence-electron chi connectivity index (χ2n) is 5.35. The number of para-hydroxylation sites is 1. The average Bonchev–Trinajstić information content (AvgIpc) is 3.07. The molecule has 0 fully saturated rings. The summed E-state index contributed by atoms with van der Waals surface area (Å²) >= 11 is 0. The monoisotopic (exact) mass is 312 g/mol. The van der Waals surface area contributed by atoms with Crippen LogP contribution < -0.4 is 11.3 Å². The molecule has 3 aromatic rings. The SMILES string of the molecule is Cn1c(=O)c(C(=O)C[C@@H](N)c2ccco2)c(O)c2ccccc21. The third-order valence-corrected chi connectivity index (χ3v) is 3.87. The molecule has 0 radical (unpaired) electrons. The zero-order chi connectivity index (χ0) is 16.6. The Hall–Kier alpha value is -2.86. The van der Waals surface area contributed by atoms with E-state index in [0.717, 1.165) is 0 Å². The van der Waals surface area contributed by atoms with Gasteiger partial charge in [-0.15, -0.1) is 0 Å². The van der Waals surface area contributed by atoms with E-state index in [1.165, 1.54) is 10.8 Å². The fraction of sp³-hybridized carbons (Fsp3) is 0.176. The Morgan fingerprint density at radius 3 is 2.74 bits per heavy atom. The number of nitrogens with two attached hydrogens (primary N) is 1. The number of rotatable bonds is 4. The molecule has 3 rings (SSSR count). The number of carbonyl (C=O) groups excluding carboxylic acids is 1. The van der Waals surface area contributed by atoms with Crippen LogP contribution in [-0.4, -0.2) is 15.5 Å². The van der Waals surface area contributed by atoms with Crippen LogP contribution in [0.4, 0.5) is 0 Å². The molecule has 0 aliphatic heterocycles. The van der Waals surface area contributed by atoms with Gasteiger partial charge in [-0.2, -0.15) is 0 Å². The van der Waals surface area contributed by atoms with E-state index in [4.69, 9.17) is 10.2 Å². The van der Waals surface area contributed by atoms with Gasteiger partial charge in [0, 0.05) is 18.9 Å². The summed E-state index contributed by atoms with van der Waals surface area (Å²) in [6.45, 7) is 0. The molecule has 0 aliphatic rings. The number of hydrogen-bond donors (Lipinski definition) is 2. The minimum atomic E-state index is -0.673. The summed E-state index contributed by atoms with van der Waals surface area (Å²) in [5, 5.41) is 10.8. The first-order chi connectivity index (χ1) is 11.0. The molecule has 0 aliphatic carbocycles. The van der Waals surface area contributed by atoms with Crippen molar-refractivity contribution in [3.05, 3.63) is 64.3 Å². The lowest BCUT2D eigenvalue weighted by Crippen LogP contribution is -2.26. The molecule has 1 atom stereocenters. The molecule has 23 heavy (non-hydrogen) atoms. The molecule has 118 valence electrons. The van der Waals surface area contributed by atoms with Crippen molar-refractivity contribution in [1.82, 2.24) is 4.57 Å². The summed E-state index contributed by atoms with van der Waals surface area (Å²) in [4.78, 5) is 24.9. The molecular weight excluding hydrogens is 296 g/mol. The van der Waals surface area contributed by atoms with Crippen molar-refractivity contribution in [3.63, 3.8) is 0 Å². The summed E-state index contributed by atoms with van der Waals surface area (Å²) in [5.41, 5.74) is 5.69. The first-order valence-electron chi connectivity index (χ1n) is 7.13. The summed E-state index contributed by atoms with van der Waals surface area (Å²) < 4.78 is 6.51. The zero-order valence-electron chi connectivity index (χ0n) is 12.5. The van der Waals surface area contributed by atoms with Gasteiger partial charge in [0.1, 0.15) is 17.1 Å². The van der Waals surface area contributed by atoms with Gasteiger partial charge in [-0.25, -0.2) is 0 Å². The Labute approximate surface area is 131 Å². The van der Waals surface area contributed by atoms with E-state index in [1.54, 1.807) is 43.4 Å². The topological polar surface area (TPSA) is 98.5 Å². The molecule has 0 bridgehead atoms. The Balaban J connectivity index is 2.06. The molecule has 6 nitrogen and oxygen atoms in total. The first kappa shape index (κ1) is 15.1. The molecule has 6 heteroatoms. The highest BCUT2D eigenvalue weighted by Gasteiger charge is 2.23. The summed E-state index contributed by atoms with van der Waals surface area (Å²) in [7, 11) is 1.56. The zero-order valence-corrected chi connectivity index (χ0v) is 12.5. The standard InChI is InChI=1S/C17H16N2O4/c1-19-12-6-3-2-5-10(12)16(21)15(17(19)22)13(20)9-11(18)14-7-4-8-23-14/h2-8,11,21H,9,18H2,1H3/t11-/m1/s1. The lowest BCUT2D eigenvalue weighted by Gasteiger charge is -2.12. The number of ketones is 1. The number of fused-ring (bicyclic) bond motifs is 1. The number of nitrogens with zero attached hydrogens (tertiary/aromatic N) is 1. The predicted octanol–water partition coefficient (Wildman–Crippen LogP) is 2.11. The summed E-state index contributed by atoms with van der Waals surface area (Å²) in [6.07, 6.45) is 1.33. The highest BCUT2D eigenvalue weighted by molar-refractivity contribution is 6.03. The van der Waals surface area contributed by atoms with E-state index < -0.39 is 17.4 Å². The Morgan fingerprint density at radius 1 is 1.30 bits per heavy atom. The van der Waals surface area contributed by atoms with E-state index in [2.05, 4.69) is 0 Å². The third kappa shape index (κ3) is 2.53. The molecule has 2 heterocycles. The molecule has 0 saturated heterocycles. The van der Waals surface area contributed by atoms with Crippen molar-refractivity contribution < 1.29 is 14.3 Å². The van der Waals surface area contributed by atoms with E-state index in [1.807, 2.05) is 0 Å². The van der Waals surface area contributed by atoms with Crippen molar-refractivity contribution in [2.45, 2.75) is 12.5 Å². The molecule has 1 aromatic carbocycles. The van der Waals surface area contributed by atoms with Gasteiger partial charge >= 0.3 is 0 Å². The minimum absolute atomic E-state index is 0.130. The summed E-state index contributed by atoms with van der Waals surface area (Å²) in [5.74, 6) is -0.367. The van der Waals surface area contributed by atoms with Gasteiger partial charge in [0.25, 0.3) is 5.56 Å². The fourth-order valence-corrected chi connectivity index (χ4v) is 2.64. The van der Waals surface area contributed by atoms with Crippen LogP contribution in [0.15, 0.2) is 51.9 Å². The van der Waals surface area contributed by atoms with Crippen LogP contribution in [0.5, 0.6) is 5.75 Å². The minimum Gasteiger partial charge on any atom is -0.506 e. The quantitative estimate of drug-likeness (QED) is 0.719. The van der Waals surface area contributed by atoms with Gasteiger partial charge in [-0.1, -0.05) is 12.1 Å². The molecule has 0 amide bonds. The average molecular weight is 312 g/mol. The molecule has 3 N–H and O–H groups in total. The largest absolute Gasteiger partial charge is 0.506 e. The summed E-state index contributed by atoms with van der Waals surface area (Å²) in [6, 6.07) is 9.52. The van der Waals surface area contributed by atoms with Crippen LogP contribution in [-0.2, 0) is 7.05 Å². The van der Waals surface area contributed by atoms with Gasteiger partial charge in [0.2, 0.25) is 0 Å². The number of benzene rings is 1. The first-order valence-corrected chi connectivity index (χ1v) is 7.13. The van der Waals surface area contributed by atoms with Crippen molar-refractivity contribution in [2.24, 2.45) is 12.8 Å². The van der Waals surface area contributed by atoms with E-state index in [-0.39, 0.29) is 17.7 Å². The van der Waals surface area contributed by atoms with E-state index in [9.17, 15) is 14.7 Å². The van der Waals surface area contributed by atoms with Crippen LogP contribution in [0, 0.1) is 0 Å². The lowest BCUT2D eigenvalue weighted by atomic mass is 10.0. The number of Topliss-reactive ketones (excluding diaryl/α,β-unsaturated/α-hetero) is 1. The molecule has 0 unspecified atom stereocenters. The normalized spacial score (nSPS) is 12.4. The number of pyridine rings is 1. The number of hydrogen-bond acceptors (Lipinski definition) is 5. The molecule has 0 spiro atoms. The van der Waals surface area contributed by atoms with Crippen LogP contribution in [0.3, 0.4) is 0 Å². The fourth-order valence-electron chi connectivity index (χ4n) is 2.64. The second-order valence-corrected chi connectivity index (χ2v) is 5.35. The molecule has 0 saturated carbocycles. The maximum atomic E-state index is 12.5. The van der Waals surface area contributed by atoms with Gasteiger partial charge < -0.3 is 19.8 Å². The van der Waals surface area contributed by atoms with Crippen molar-refractivity contribution in [3.8, 4) is 5.75 Å². The van der Waals surface area contributed by atoms with Crippen molar-refractivity contribution in [1.29, 1.82) is 0 Å². The van der Waals surface area contributed by atoms with Crippen molar-refractivity contribution in [2.75, 3.05) is 0 Å². The van der Waals surface area contributed by atoms with E-state index >= 15 is 0 Å². The van der Waals surface area contributed by atoms with Crippen molar-refractivity contribution >= 4 is 16.7 Å². The van der Waals surface area contributed by atoms with Gasteiger partial charge in [0.15, 0.2) is 5.78 Å². The van der Waals surface area contributed by atoms with Gasteiger partial charge in [-0.3, -0.25) is 9.59 Å². The third-order valence-electron chi connectivity index (χ3n) is 3.87. The van der Waals surface area contributed by atoms with E-state index in [0.29, 0.717) is 16.7 Å². The molecular formula is C17H16N2O4. The number of aromatic hydroxyl groups is 1. The smallest absolute Gasteiger partial charge is 0.265 e. The molecule has 2 aromatic heterocycles. The lowest BCUT2D eigenvalue weighted by molar-refractivity contribution is 0.0966. The maximum Gasteiger partial charge on any atom is 0.265 e. The Morgan fingerprint density at radius 2 is 2.04 bits per heavy atom. The predicted molar refractivity (Wildman–Crippen MR) is 85.4 cm³/mol.